The number of carbonyl (C=O) groups is 1. The van der Waals surface area contributed by atoms with E-state index >= 15 is 0 Å². The number of carbonyl (C=O) groups excluding carboxylic acids is 1. The van der Waals surface area contributed by atoms with E-state index in [1.165, 1.54) is 7.11 Å². The van der Waals surface area contributed by atoms with Crippen LogP contribution in [0.3, 0.4) is 0 Å². The van der Waals surface area contributed by atoms with Gasteiger partial charge < -0.3 is 14.8 Å². The number of ether oxygens (including phenoxy) is 2. The summed E-state index contributed by atoms with van der Waals surface area (Å²) in [5.74, 6) is 0.454. The lowest BCUT2D eigenvalue weighted by Gasteiger charge is -2.24. The molecule has 0 aromatic heterocycles. The van der Waals surface area contributed by atoms with Gasteiger partial charge in [-0.1, -0.05) is 6.07 Å². The first-order valence-corrected chi connectivity index (χ1v) is 6.27. The molecule has 1 aromatic rings. The highest BCUT2D eigenvalue weighted by Crippen LogP contribution is 2.23. The average Bonchev–Trinajstić information content (AvgIpc) is 2.41. The molecule has 0 spiro atoms. The molecule has 0 saturated carbocycles. The van der Waals surface area contributed by atoms with E-state index in [-0.39, 0.29) is 12.1 Å². The topological polar surface area (TPSA) is 47.6 Å². The lowest BCUT2D eigenvalue weighted by atomic mass is 10.1. The van der Waals surface area contributed by atoms with Crippen LogP contribution in [0.5, 0.6) is 5.75 Å². The van der Waals surface area contributed by atoms with E-state index in [1.807, 2.05) is 13.0 Å². The van der Waals surface area contributed by atoms with Crippen molar-refractivity contribution in [1.82, 2.24) is 5.32 Å². The predicted octanol–water partition coefficient (Wildman–Crippen LogP) is 1.91. The Balaban J connectivity index is 2.12. The molecule has 4 nitrogen and oxygen atoms in total. The second-order valence-electron chi connectivity index (χ2n) is 4.54. The summed E-state index contributed by atoms with van der Waals surface area (Å²) in [5.41, 5.74) is 1.58. The molecule has 1 aromatic carbocycles. The van der Waals surface area contributed by atoms with Gasteiger partial charge in [-0.15, -0.1) is 0 Å². The summed E-state index contributed by atoms with van der Waals surface area (Å²) < 4.78 is 10.7. The average molecular weight is 249 g/mol. The van der Waals surface area contributed by atoms with Gasteiger partial charge in [0, 0.05) is 0 Å². The molecule has 1 fully saturated rings. The maximum absolute atomic E-state index is 11.5. The third-order valence-electron chi connectivity index (χ3n) is 3.19. The van der Waals surface area contributed by atoms with E-state index in [2.05, 4.69) is 5.32 Å². The minimum absolute atomic E-state index is 0.234. The summed E-state index contributed by atoms with van der Waals surface area (Å²) in [5, 5.41) is 3.30. The number of piperidine rings is 1. The van der Waals surface area contributed by atoms with E-state index < -0.39 is 0 Å². The van der Waals surface area contributed by atoms with Gasteiger partial charge in [0.05, 0.1) is 12.7 Å². The zero-order chi connectivity index (χ0) is 13.0. The van der Waals surface area contributed by atoms with Crippen LogP contribution in [0.15, 0.2) is 18.2 Å². The van der Waals surface area contributed by atoms with E-state index in [0.29, 0.717) is 5.56 Å². The molecule has 1 aliphatic rings. The maximum atomic E-state index is 11.5. The number of aryl methyl sites for hydroxylation is 1. The molecule has 0 bridgehead atoms. The SMILES string of the molecule is COC(=O)c1ccc(C)c(OC2CCNCC2)c1. The fourth-order valence-corrected chi connectivity index (χ4v) is 2.06. The van der Waals surface area contributed by atoms with Crippen molar-refractivity contribution in [1.29, 1.82) is 0 Å². The number of rotatable bonds is 3. The number of esters is 1. The van der Waals surface area contributed by atoms with Gasteiger partial charge in [0.1, 0.15) is 11.9 Å². The van der Waals surface area contributed by atoms with Gasteiger partial charge in [-0.2, -0.15) is 0 Å². The first-order chi connectivity index (χ1) is 8.70. The highest BCUT2D eigenvalue weighted by Gasteiger charge is 2.16. The fourth-order valence-electron chi connectivity index (χ4n) is 2.06. The van der Waals surface area contributed by atoms with Gasteiger partial charge in [-0.05, 0) is 50.6 Å². The quantitative estimate of drug-likeness (QED) is 0.831. The van der Waals surface area contributed by atoms with Crippen molar-refractivity contribution >= 4 is 5.97 Å². The van der Waals surface area contributed by atoms with Crippen LogP contribution >= 0.6 is 0 Å². The van der Waals surface area contributed by atoms with E-state index in [0.717, 1.165) is 37.2 Å². The van der Waals surface area contributed by atoms with Crippen molar-refractivity contribution in [3.63, 3.8) is 0 Å². The van der Waals surface area contributed by atoms with Crippen molar-refractivity contribution in [2.75, 3.05) is 20.2 Å². The lowest BCUT2D eigenvalue weighted by molar-refractivity contribution is 0.0599. The Hall–Kier alpha value is -1.55. The Morgan fingerprint density at radius 1 is 1.33 bits per heavy atom. The number of methoxy groups -OCH3 is 1. The van der Waals surface area contributed by atoms with Gasteiger partial charge in [0.25, 0.3) is 0 Å². The fraction of sp³-hybridized carbons (Fsp3) is 0.500. The number of benzene rings is 1. The van der Waals surface area contributed by atoms with Crippen molar-refractivity contribution in [2.24, 2.45) is 0 Å². The summed E-state index contributed by atoms with van der Waals surface area (Å²) in [6.45, 7) is 3.96. The molecule has 0 radical (unpaired) electrons. The molecule has 2 rings (SSSR count). The molecule has 1 N–H and O–H groups in total. The third kappa shape index (κ3) is 3.01. The second-order valence-corrected chi connectivity index (χ2v) is 4.54. The smallest absolute Gasteiger partial charge is 0.337 e. The van der Waals surface area contributed by atoms with Crippen molar-refractivity contribution in [3.8, 4) is 5.75 Å². The van der Waals surface area contributed by atoms with Crippen molar-refractivity contribution < 1.29 is 14.3 Å². The highest BCUT2D eigenvalue weighted by molar-refractivity contribution is 5.89. The zero-order valence-electron chi connectivity index (χ0n) is 10.9. The van der Waals surface area contributed by atoms with E-state index in [9.17, 15) is 4.79 Å². The van der Waals surface area contributed by atoms with Crippen LogP contribution in [0.2, 0.25) is 0 Å². The van der Waals surface area contributed by atoms with Crippen LogP contribution in [-0.2, 0) is 4.74 Å². The van der Waals surface area contributed by atoms with Gasteiger partial charge in [0.15, 0.2) is 0 Å². The summed E-state index contributed by atoms with van der Waals surface area (Å²) >= 11 is 0. The van der Waals surface area contributed by atoms with Gasteiger partial charge >= 0.3 is 5.97 Å². The van der Waals surface area contributed by atoms with Crippen LogP contribution < -0.4 is 10.1 Å². The Kier molecular flexibility index (Phi) is 4.20. The van der Waals surface area contributed by atoms with Crippen LogP contribution in [0.25, 0.3) is 0 Å². The minimum Gasteiger partial charge on any atom is -0.490 e. The number of hydrogen-bond acceptors (Lipinski definition) is 4. The molecule has 1 heterocycles. The van der Waals surface area contributed by atoms with Crippen LogP contribution in [0.1, 0.15) is 28.8 Å². The normalized spacial score (nSPS) is 16.3. The molecule has 0 atom stereocenters. The Labute approximate surface area is 107 Å². The third-order valence-corrected chi connectivity index (χ3v) is 3.19. The zero-order valence-corrected chi connectivity index (χ0v) is 10.9. The molecule has 0 aliphatic carbocycles. The number of hydrogen-bond donors (Lipinski definition) is 1. The first-order valence-electron chi connectivity index (χ1n) is 6.27. The Morgan fingerprint density at radius 2 is 2.06 bits per heavy atom. The summed E-state index contributed by atoms with van der Waals surface area (Å²) in [4.78, 5) is 11.5. The summed E-state index contributed by atoms with van der Waals surface area (Å²) in [6, 6.07) is 5.42. The van der Waals surface area contributed by atoms with E-state index in [1.54, 1.807) is 12.1 Å². The standard InChI is InChI=1S/C14H19NO3/c1-10-3-4-11(14(16)17-2)9-13(10)18-12-5-7-15-8-6-12/h3-4,9,12,15H,5-8H2,1-2H3. The minimum atomic E-state index is -0.329. The van der Waals surface area contributed by atoms with Crippen LogP contribution in [0.4, 0.5) is 0 Å². The van der Waals surface area contributed by atoms with Crippen LogP contribution in [0, 0.1) is 6.92 Å². The van der Waals surface area contributed by atoms with Crippen molar-refractivity contribution in [3.05, 3.63) is 29.3 Å². The molecule has 0 unspecified atom stereocenters. The molecular weight excluding hydrogens is 230 g/mol. The second kappa shape index (κ2) is 5.87. The molecular formula is C14H19NO3. The molecule has 98 valence electrons. The lowest BCUT2D eigenvalue weighted by Crippen LogP contribution is -2.34. The van der Waals surface area contributed by atoms with Gasteiger partial charge in [-0.3, -0.25) is 0 Å². The van der Waals surface area contributed by atoms with Gasteiger partial charge in [-0.25, -0.2) is 4.79 Å². The Bertz CT molecular complexity index is 425. The molecule has 18 heavy (non-hydrogen) atoms. The van der Waals surface area contributed by atoms with Gasteiger partial charge in [0.2, 0.25) is 0 Å². The largest absolute Gasteiger partial charge is 0.490 e. The predicted molar refractivity (Wildman–Crippen MR) is 69.0 cm³/mol. The summed E-state index contributed by atoms with van der Waals surface area (Å²) in [6.07, 6.45) is 2.24. The highest BCUT2D eigenvalue weighted by atomic mass is 16.5. The maximum Gasteiger partial charge on any atom is 0.337 e. The molecule has 0 amide bonds. The van der Waals surface area contributed by atoms with Crippen LogP contribution in [-0.4, -0.2) is 32.3 Å². The Morgan fingerprint density at radius 3 is 2.72 bits per heavy atom. The number of nitrogens with one attached hydrogen (secondary N) is 1. The molecule has 4 heteroatoms. The molecule has 1 aliphatic heterocycles. The van der Waals surface area contributed by atoms with E-state index in [4.69, 9.17) is 9.47 Å². The molecule has 1 saturated heterocycles. The monoisotopic (exact) mass is 249 g/mol. The first kappa shape index (κ1) is 12.9. The van der Waals surface area contributed by atoms with Crippen molar-refractivity contribution in [2.45, 2.75) is 25.9 Å². The summed E-state index contributed by atoms with van der Waals surface area (Å²) in [7, 11) is 1.38.